The fraction of sp³-hybridized carbons (Fsp3) is 0.469. The standard InChI is InChI=1S/C32H36O3/c33-29-26(21-23-11-4-1-5-12-23)19-20-31(29)22-27-17-10-18-28(24-13-6-2-7-14-24)32(27,34)35-30(31)25-15-8-3-9-16-25/h1,3-5,8-9,11-13,15-16,21,27-28,30,34H,2,6-7,10,14,17-20,22H2/t27-,28+,30+,31+,32+/m0/s1. The van der Waals surface area contributed by atoms with Crippen molar-refractivity contribution in [1.82, 2.24) is 0 Å². The largest absolute Gasteiger partial charge is 0.365 e. The van der Waals surface area contributed by atoms with Crippen LogP contribution in [0.5, 0.6) is 0 Å². The number of hydrogen-bond acceptors (Lipinski definition) is 3. The van der Waals surface area contributed by atoms with E-state index in [2.05, 4.69) is 36.4 Å². The van der Waals surface area contributed by atoms with Crippen molar-refractivity contribution in [2.24, 2.45) is 17.3 Å². The Bertz CT molecular complexity index is 1130. The van der Waals surface area contributed by atoms with Gasteiger partial charge in [-0.25, -0.2) is 0 Å². The van der Waals surface area contributed by atoms with Gasteiger partial charge in [-0.15, -0.1) is 0 Å². The number of rotatable bonds is 3. The zero-order valence-electron chi connectivity index (χ0n) is 20.5. The van der Waals surface area contributed by atoms with Crippen LogP contribution >= 0.6 is 0 Å². The Kier molecular flexibility index (Phi) is 6.02. The van der Waals surface area contributed by atoms with Crippen molar-refractivity contribution in [3.63, 3.8) is 0 Å². The molecule has 35 heavy (non-hydrogen) atoms. The molecule has 3 heteroatoms. The summed E-state index contributed by atoms with van der Waals surface area (Å²) in [6.07, 6.45) is 13.8. The van der Waals surface area contributed by atoms with Gasteiger partial charge in [-0.2, -0.15) is 0 Å². The molecule has 4 aliphatic rings. The van der Waals surface area contributed by atoms with Crippen molar-refractivity contribution >= 4 is 11.9 Å². The highest BCUT2D eigenvalue weighted by Gasteiger charge is 2.63. The predicted molar refractivity (Wildman–Crippen MR) is 138 cm³/mol. The Hall–Kier alpha value is -2.49. The third-order valence-electron chi connectivity index (χ3n) is 9.15. The molecule has 1 heterocycles. The number of fused-ring (bicyclic) bond motifs is 1. The van der Waals surface area contributed by atoms with E-state index < -0.39 is 17.3 Å². The highest BCUT2D eigenvalue weighted by atomic mass is 16.6. The maximum Gasteiger partial charge on any atom is 0.175 e. The van der Waals surface area contributed by atoms with Crippen LogP contribution in [0.15, 0.2) is 77.9 Å². The van der Waals surface area contributed by atoms with Gasteiger partial charge in [0.2, 0.25) is 0 Å². The number of ether oxygens (including phenoxy) is 1. The first-order chi connectivity index (χ1) is 17.1. The molecular weight excluding hydrogens is 432 g/mol. The Labute approximate surface area is 208 Å². The lowest BCUT2D eigenvalue weighted by Crippen LogP contribution is -2.59. The van der Waals surface area contributed by atoms with Crippen LogP contribution in [0, 0.1) is 17.3 Å². The van der Waals surface area contributed by atoms with Crippen LogP contribution in [0.25, 0.3) is 6.08 Å². The molecule has 3 fully saturated rings. The number of Topliss-reactive ketones (excluding diaryl/α,β-unsaturated/α-hetero) is 1. The monoisotopic (exact) mass is 468 g/mol. The first-order valence-corrected chi connectivity index (χ1v) is 13.5. The van der Waals surface area contributed by atoms with Crippen LogP contribution in [0.1, 0.15) is 81.4 Å². The molecule has 182 valence electrons. The minimum absolute atomic E-state index is 0.0101. The summed E-state index contributed by atoms with van der Waals surface area (Å²) in [4.78, 5) is 14.2. The van der Waals surface area contributed by atoms with E-state index in [1.54, 1.807) is 0 Å². The first kappa shape index (κ1) is 22.9. The average Bonchev–Trinajstić information content (AvgIpc) is 3.20. The van der Waals surface area contributed by atoms with Gasteiger partial charge >= 0.3 is 0 Å². The quantitative estimate of drug-likeness (QED) is 0.383. The van der Waals surface area contributed by atoms with Crippen molar-refractivity contribution in [3.05, 3.63) is 89.0 Å². The second kappa shape index (κ2) is 9.19. The lowest BCUT2D eigenvalue weighted by molar-refractivity contribution is -0.340. The normalized spacial score (nSPS) is 36.3. The predicted octanol–water partition coefficient (Wildman–Crippen LogP) is 7.19. The van der Waals surface area contributed by atoms with Gasteiger partial charge in [-0.3, -0.25) is 4.79 Å². The lowest BCUT2D eigenvalue weighted by Gasteiger charge is -2.56. The molecule has 1 spiro atoms. The smallest absolute Gasteiger partial charge is 0.175 e. The molecule has 5 atom stereocenters. The molecule has 1 aliphatic heterocycles. The summed E-state index contributed by atoms with van der Waals surface area (Å²) in [5.41, 5.74) is 3.75. The Morgan fingerprint density at radius 2 is 1.69 bits per heavy atom. The van der Waals surface area contributed by atoms with Crippen molar-refractivity contribution in [1.29, 1.82) is 0 Å². The van der Waals surface area contributed by atoms with E-state index in [0.29, 0.717) is 6.42 Å². The molecule has 3 aliphatic carbocycles. The Morgan fingerprint density at radius 1 is 0.914 bits per heavy atom. The molecular formula is C32H36O3. The molecule has 1 N–H and O–H groups in total. The maximum absolute atomic E-state index is 14.2. The summed E-state index contributed by atoms with van der Waals surface area (Å²) in [6.45, 7) is 0. The maximum atomic E-state index is 14.2. The lowest BCUT2D eigenvalue weighted by atomic mass is 9.60. The topological polar surface area (TPSA) is 46.5 Å². The summed E-state index contributed by atoms with van der Waals surface area (Å²) in [5.74, 6) is -0.944. The van der Waals surface area contributed by atoms with E-state index in [-0.39, 0.29) is 17.6 Å². The number of allylic oxidation sites excluding steroid dienone is 2. The SMILES string of the molecule is O=C1C(=Cc2ccccc2)CC[C@@]12C[C@@H]1CCC[C@H](C3=CCCCC3)[C@]1(O)O[C@@H]2c1ccccc1. The van der Waals surface area contributed by atoms with Crippen LogP contribution < -0.4 is 0 Å². The molecule has 2 aromatic carbocycles. The van der Waals surface area contributed by atoms with E-state index in [0.717, 1.165) is 61.6 Å². The second-order valence-corrected chi connectivity index (χ2v) is 11.1. The highest BCUT2D eigenvalue weighted by Crippen LogP contribution is 2.62. The van der Waals surface area contributed by atoms with E-state index in [9.17, 15) is 9.90 Å². The number of benzene rings is 2. The molecule has 0 aromatic heterocycles. The summed E-state index contributed by atoms with van der Waals surface area (Å²) >= 11 is 0. The van der Waals surface area contributed by atoms with Gasteiger partial charge in [0.15, 0.2) is 11.6 Å². The minimum atomic E-state index is -1.20. The van der Waals surface area contributed by atoms with Crippen LogP contribution in [0.3, 0.4) is 0 Å². The van der Waals surface area contributed by atoms with Crippen LogP contribution in [0.4, 0.5) is 0 Å². The third kappa shape index (κ3) is 3.93. The van der Waals surface area contributed by atoms with Gasteiger partial charge < -0.3 is 9.84 Å². The number of carbonyl (C=O) groups is 1. The zero-order valence-corrected chi connectivity index (χ0v) is 20.5. The van der Waals surface area contributed by atoms with Gasteiger partial charge in [0.05, 0.1) is 11.5 Å². The molecule has 2 aromatic rings. The minimum Gasteiger partial charge on any atom is -0.365 e. The molecule has 1 saturated heterocycles. The van der Waals surface area contributed by atoms with Gasteiger partial charge in [-0.05, 0) is 80.6 Å². The Balaban J connectivity index is 1.40. The van der Waals surface area contributed by atoms with Gasteiger partial charge in [0.1, 0.15) is 0 Å². The van der Waals surface area contributed by atoms with Crippen LogP contribution in [-0.4, -0.2) is 16.7 Å². The first-order valence-electron chi connectivity index (χ1n) is 13.5. The zero-order chi connectivity index (χ0) is 23.9. The average molecular weight is 469 g/mol. The molecule has 0 radical (unpaired) electrons. The number of carbonyl (C=O) groups excluding carboxylic acids is 1. The molecule has 0 unspecified atom stereocenters. The number of hydrogen-bond donors (Lipinski definition) is 1. The van der Waals surface area contributed by atoms with E-state index in [4.69, 9.17) is 4.74 Å². The van der Waals surface area contributed by atoms with Crippen molar-refractivity contribution in [3.8, 4) is 0 Å². The van der Waals surface area contributed by atoms with Crippen LogP contribution in [-0.2, 0) is 9.53 Å². The second-order valence-electron chi connectivity index (χ2n) is 11.1. The molecule has 0 amide bonds. The molecule has 2 saturated carbocycles. The van der Waals surface area contributed by atoms with Crippen molar-refractivity contribution in [2.45, 2.75) is 76.1 Å². The third-order valence-corrected chi connectivity index (χ3v) is 9.15. The van der Waals surface area contributed by atoms with Gasteiger partial charge in [0.25, 0.3) is 0 Å². The summed E-state index contributed by atoms with van der Waals surface area (Å²) in [5, 5.41) is 12.3. The molecule has 3 nitrogen and oxygen atoms in total. The fourth-order valence-electron chi connectivity index (χ4n) is 7.42. The highest BCUT2D eigenvalue weighted by molar-refractivity contribution is 6.06. The van der Waals surface area contributed by atoms with Gasteiger partial charge in [-0.1, -0.05) is 78.7 Å². The van der Waals surface area contributed by atoms with Crippen molar-refractivity contribution < 1.29 is 14.6 Å². The molecule has 0 bridgehead atoms. The van der Waals surface area contributed by atoms with E-state index >= 15 is 0 Å². The molecule has 6 rings (SSSR count). The van der Waals surface area contributed by atoms with Crippen molar-refractivity contribution in [2.75, 3.05) is 0 Å². The van der Waals surface area contributed by atoms with E-state index in [1.165, 1.54) is 18.4 Å². The van der Waals surface area contributed by atoms with E-state index in [1.807, 2.05) is 36.4 Å². The summed E-state index contributed by atoms with van der Waals surface area (Å²) < 4.78 is 6.90. The number of aliphatic hydroxyl groups is 1. The van der Waals surface area contributed by atoms with Gasteiger partial charge in [0, 0.05) is 11.8 Å². The summed E-state index contributed by atoms with van der Waals surface area (Å²) in [6, 6.07) is 20.3. The summed E-state index contributed by atoms with van der Waals surface area (Å²) in [7, 11) is 0. The Morgan fingerprint density at radius 3 is 2.43 bits per heavy atom. The fourth-order valence-corrected chi connectivity index (χ4v) is 7.42. The number of ketones is 1. The van der Waals surface area contributed by atoms with Crippen LogP contribution in [0.2, 0.25) is 0 Å².